The second-order valence-electron chi connectivity index (χ2n) is 6.89. The highest BCUT2D eigenvalue weighted by atomic mass is 28.4. The van der Waals surface area contributed by atoms with Crippen LogP contribution in [-0.2, 0) is 31.3 Å². The molecule has 0 aliphatic carbocycles. The molecule has 0 fully saturated rings. The van der Waals surface area contributed by atoms with Gasteiger partial charge in [-0.3, -0.25) is 4.90 Å². The van der Waals surface area contributed by atoms with E-state index in [0.29, 0.717) is 51.3 Å². The van der Waals surface area contributed by atoms with Crippen LogP contribution in [0.3, 0.4) is 0 Å². The van der Waals surface area contributed by atoms with E-state index in [-0.39, 0.29) is 0 Å². The van der Waals surface area contributed by atoms with Crippen LogP contribution in [0.1, 0.15) is 19.8 Å². The average molecular weight is 459 g/mol. The third-order valence-corrected chi connectivity index (χ3v) is 10.5. The normalized spacial score (nSPS) is 15.1. The van der Waals surface area contributed by atoms with Crippen LogP contribution in [0.5, 0.6) is 0 Å². The van der Waals surface area contributed by atoms with E-state index in [1.54, 1.807) is 49.6 Å². The molecule has 0 rings (SSSR count). The Bertz CT molecular complexity index is 396. The zero-order valence-corrected chi connectivity index (χ0v) is 21.2. The lowest BCUT2D eigenvalue weighted by Crippen LogP contribution is -2.47. The lowest BCUT2D eigenvalue weighted by molar-refractivity contribution is -0.200. The summed E-state index contributed by atoms with van der Waals surface area (Å²) in [6.45, 7) is 4.21. The zero-order valence-electron chi connectivity index (χ0n) is 19.2. The Morgan fingerprint density at radius 2 is 1.24 bits per heavy atom. The molecule has 0 aliphatic rings. The molecule has 1 unspecified atom stereocenters. The zero-order chi connectivity index (χ0) is 22.4. The van der Waals surface area contributed by atoms with Gasteiger partial charge in [0.2, 0.25) is 0 Å². The molecule has 29 heavy (non-hydrogen) atoms. The topological polar surface area (TPSA) is 114 Å². The Labute approximate surface area is 178 Å². The summed E-state index contributed by atoms with van der Waals surface area (Å²) in [4.78, 5) is 2.07. The Morgan fingerprint density at radius 1 is 0.793 bits per heavy atom. The number of hydrogen-bond acceptors (Lipinski definition) is 10. The monoisotopic (exact) mass is 458 g/mol. The molecule has 1 atom stereocenters. The SMILES string of the molecule is CO[Si](CCCOC(C)(O)CN(CCN)CCC[Si](OC)(OC)OC)(OC)OC. The van der Waals surface area contributed by atoms with Gasteiger partial charge >= 0.3 is 17.6 Å². The second kappa shape index (κ2) is 14.9. The van der Waals surface area contributed by atoms with E-state index >= 15 is 0 Å². The summed E-state index contributed by atoms with van der Waals surface area (Å²) in [7, 11) is 4.31. The van der Waals surface area contributed by atoms with Gasteiger partial charge in [-0.15, -0.1) is 0 Å². The maximum absolute atomic E-state index is 10.7. The van der Waals surface area contributed by atoms with Crippen LogP contribution in [0, 0.1) is 0 Å². The molecule has 0 saturated heterocycles. The van der Waals surface area contributed by atoms with Crippen LogP contribution >= 0.6 is 0 Å². The van der Waals surface area contributed by atoms with Crippen molar-refractivity contribution < 1.29 is 36.4 Å². The van der Waals surface area contributed by atoms with E-state index < -0.39 is 23.4 Å². The van der Waals surface area contributed by atoms with Gasteiger partial charge in [0.15, 0.2) is 5.79 Å². The first-order valence-corrected chi connectivity index (χ1v) is 13.7. The molecule has 0 saturated carbocycles. The lowest BCUT2D eigenvalue weighted by Gasteiger charge is -2.32. The first kappa shape index (κ1) is 29.0. The van der Waals surface area contributed by atoms with Gasteiger partial charge in [0.05, 0.1) is 13.2 Å². The summed E-state index contributed by atoms with van der Waals surface area (Å²) in [5, 5.41) is 10.7. The fourth-order valence-electron chi connectivity index (χ4n) is 3.13. The quantitative estimate of drug-likeness (QED) is 0.161. The summed E-state index contributed by atoms with van der Waals surface area (Å²) >= 11 is 0. The average Bonchev–Trinajstić information content (AvgIpc) is 2.72. The van der Waals surface area contributed by atoms with E-state index in [4.69, 9.17) is 37.0 Å². The summed E-state index contributed by atoms with van der Waals surface area (Å²) in [6, 6.07) is 1.29. The third kappa shape index (κ3) is 10.8. The minimum absolute atomic E-state index is 0.340. The molecule has 176 valence electrons. The van der Waals surface area contributed by atoms with Gasteiger partial charge < -0.3 is 42.1 Å². The van der Waals surface area contributed by atoms with Crippen molar-refractivity contribution in [3.05, 3.63) is 0 Å². The van der Waals surface area contributed by atoms with E-state index in [0.717, 1.165) is 6.42 Å². The highest BCUT2D eigenvalue weighted by Gasteiger charge is 2.38. The van der Waals surface area contributed by atoms with Crippen LogP contribution < -0.4 is 5.73 Å². The van der Waals surface area contributed by atoms with Gasteiger partial charge in [-0.25, -0.2) is 0 Å². The van der Waals surface area contributed by atoms with Gasteiger partial charge in [0, 0.05) is 67.8 Å². The van der Waals surface area contributed by atoms with Crippen molar-refractivity contribution in [1.82, 2.24) is 4.90 Å². The van der Waals surface area contributed by atoms with E-state index in [1.807, 2.05) is 0 Å². The Balaban J connectivity index is 4.53. The van der Waals surface area contributed by atoms with Crippen LogP contribution in [0.4, 0.5) is 0 Å². The number of rotatable bonds is 19. The van der Waals surface area contributed by atoms with Gasteiger partial charge in [0.25, 0.3) is 0 Å². The van der Waals surface area contributed by atoms with Gasteiger partial charge in [0.1, 0.15) is 0 Å². The minimum Gasteiger partial charge on any atom is -0.377 e. The predicted octanol–water partition coefficient (Wildman–Crippen LogP) is 0.509. The standard InChI is InChI=1S/C17H42N2O8Si2/c1-17(20,27-13-9-15-29(24-5,25-6)26-7)16-19(12-10-18)11-8-14-28(21-2,22-3)23-4/h20H,8-16,18H2,1-7H3. The fourth-order valence-corrected chi connectivity index (χ4v) is 6.52. The molecule has 0 aromatic carbocycles. The third-order valence-electron chi connectivity index (χ3n) is 4.83. The maximum Gasteiger partial charge on any atom is 0.500 e. The van der Waals surface area contributed by atoms with Crippen LogP contribution in [-0.4, -0.2) is 109 Å². The van der Waals surface area contributed by atoms with Gasteiger partial charge in [-0.1, -0.05) is 0 Å². The smallest absolute Gasteiger partial charge is 0.377 e. The number of nitrogens with zero attached hydrogens (tertiary/aromatic N) is 1. The molecular formula is C17H42N2O8Si2. The van der Waals surface area contributed by atoms with E-state index in [2.05, 4.69) is 4.90 Å². The molecule has 0 aliphatic heterocycles. The summed E-state index contributed by atoms with van der Waals surface area (Å²) in [5.41, 5.74) is 5.73. The summed E-state index contributed by atoms with van der Waals surface area (Å²) < 4.78 is 38.2. The highest BCUT2D eigenvalue weighted by Crippen LogP contribution is 2.18. The minimum atomic E-state index is -2.63. The van der Waals surface area contributed by atoms with Crippen LogP contribution in [0.15, 0.2) is 0 Å². The van der Waals surface area contributed by atoms with E-state index in [9.17, 15) is 5.11 Å². The second-order valence-corrected chi connectivity index (χ2v) is 13.1. The molecule has 0 aromatic heterocycles. The predicted molar refractivity (Wildman–Crippen MR) is 114 cm³/mol. The van der Waals surface area contributed by atoms with Crippen LogP contribution in [0.25, 0.3) is 0 Å². The number of hydrogen-bond donors (Lipinski definition) is 2. The van der Waals surface area contributed by atoms with E-state index in [1.165, 1.54) is 0 Å². The first-order valence-electron chi connectivity index (χ1n) is 9.81. The molecule has 12 heteroatoms. The molecule has 0 spiro atoms. The number of ether oxygens (including phenoxy) is 1. The van der Waals surface area contributed by atoms with Crippen LogP contribution in [0.2, 0.25) is 12.1 Å². The Hall–Kier alpha value is 0.0338. The number of nitrogens with two attached hydrogens (primary N) is 1. The lowest BCUT2D eigenvalue weighted by atomic mass is 10.2. The summed E-state index contributed by atoms with van der Waals surface area (Å²) in [6.07, 6.45) is 1.44. The molecular weight excluding hydrogens is 416 g/mol. The van der Waals surface area contributed by atoms with Gasteiger partial charge in [-0.2, -0.15) is 0 Å². The molecule has 0 aromatic rings. The molecule has 0 radical (unpaired) electrons. The fraction of sp³-hybridized carbons (Fsp3) is 1.00. The maximum atomic E-state index is 10.7. The first-order chi connectivity index (χ1) is 13.7. The Morgan fingerprint density at radius 3 is 1.66 bits per heavy atom. The van der Waals surface area contributed by atoms with Crippen molar-refractivity contribution in [2.24, 2.45) is 5.73 Å². The van der Waals surface area contributed by atoms with Crippen molar-refractivity contribution in [2.45, 2.75) is 37.6 Å². The summed E-state index contributed by atoms with van der Waals surface area (Å²) in [5.74, 6) is -1.30. The molecule has 0 bridgehead atoms. The van der Waals surface area contributed by atoms with Crippen molar-refractivity contribution in [2.75, 3.05) is 75.4 Å². The molecule has 10 nitrogen and oxygen atoms in total. The highest BCUT2D eigenvalue weighted by molar-refractivity contribution is 6.60. The number of aliphatic hydroxyl groups is 1. The molecule has 0 amide bonds. The van der Waals surface area contributed by atoms with Crippen molar-refractivity contribution in [3.63, 3.8) is 0 Å². The molecule has 3 N–H and O–H groups in total. The van der Waals surface area contributed by atoms with Crippen molar-refractivity contribution in [3.8, 4) is 0 Å². The van der Waals surface area contributed by atoms with Crippen molar-refractivity contribution in [1.29, 1.82) is 0 Å². The largest absolute Gasteiger partial charge is 0.500 e. The van der Waals surface area contributed by atoms with Gasteiger partial charge in [-0.05, 0) is 26.3 Å². The molecule has 0 heterocycles. The van der Waals surface area contributed by atoms with Crippen molar-refractivity contribution >= 4 is 17.6 Å². The Kier molecular flexibility index (Phi) is 15.0.